The van der Waals surface area contributed by atoms with Gasteiger partial charge in [-0.15, -0.1) is 0 Å². The maximum Gasteiger partial charge on any atom is 0.159 e. The molecule has 0 bridgehead atoms. The standard InChI is InChI=1S/C19H20N4O/c1-12(24)14-3-2-4-15(11-14)16-7-10-21-19-17(16)18(22-23-19)13-5-8-20-9-6-13/h2-4,7,10-11,13,20H,5-6,8-9H2,1H3,(H,21,22,23). The normalized spacial score (nSPS) is 15.7. The second-order valence-corrected chi connectivity index (χ2v) is 6.35. The van der Waals surface area contributed by atoms with Gasteiger partial charge in [0, 0.05) is 17.7 Å². The number of fused-ring (bicyclic) bond motifs is 1. The molecule has 0 saturated carbocycles. The predicted molar refractivity (Wildman–Crippen MR) is 94.2 cm³/mol. The van der Waals surface area contributed by atoms with Gasteiger partial charge >= 0.3 is 0 Å². The van der Waals surface area contributed by atoms with Crippen LogP contribution in [0, 0.1) is 0 Å². The second kappa shape index (κ2) is 6.17. The van der Waals surface area contributed by atoms with Crippen molar-refractivity contribution in [3.8, 4) is 11.1 Å². The summed E-state index contributed by atoms with van der Waals surface area (Å²) in [7, 11) is 0. The Kier molecular flexibility index (Phi) is 3.86. The van der Waals surface area contributed by atoms with E-state index in [2.05, 4.69) is 20.5 Å². The fourth-order valence-electron chi connectivity index (χ4n) is 3.51. The van der Waals surface area contributed by atoms with Gasteiger partial charge in [-0.25, -0.2) is 4.98 Å². The number of aromatic amines is 1. The third kappa shape index (κ3) is 2.61. The van der Waals surface area contributed by atoms with Crippen LogP contribution in [0.3, 0.4) is 0 Å². The number of aromatic nitrogens is 3. The van der Waals surface area contributed by atoms with Crippen LogP contribution in [0.15, 0.2) is 36.5 Å². The number of nitrogens with one attached hydrogen (secondary N) is 2. The number of benzene rings is 1. The predicted octanol–water partition coefficient (Wildman–Crippen LogP) is 3.29. The molecule has 1 fully saturated rings. The number of hydrogen-bond donors (Lipinski definition) is 2. The minimum atomic E-state index is 0.0768. The molecular weight excluding hydrogens is 300 g/mol. The first-order valence-electron chi connectivity index (χ1n) is 8.39. The lowest BCUT2D eigenvalue weighted by molar-refractivity contribution is 0.101. The van der Waals surface area contributed by atoms with Crippen LogP contribution >= 0.6 is 0 Å². The molecule has 3 aromatic rings. The molecule has 2 aromatic heterocycles. The van der Waals surface area contributed by atoms with Crippen LogP contribution in [0.25, 0.3) is 22.2 Å². The molecule has 122 valence electrons. The average Bonchev–Trinajstić information content (AvgIpc) is 3.07. The maximum atomic E-state index is 11.7. The van der Waals surface area contributed by atoms with Crippen molar-refractivity contribution in [1.29, 1.82) is 0 Å². The smallest absolute Gasteiger partial charge is 0.159 e. The van der Waals surface area contributed by atoms with Gasteiger partial charge in [0.15, 0.2) is 11.4 Å². The zero-order valence-electron chi connectivity index (χ0n) is 13.7. The summed E-state index contributed by atoms with van der Waals surface area (Å²) in [6.07, 6.45) is 3.96. The summed E-state index contributed by atoms with van der Waals surface area (Å²) < 4.78 is 0. The lowest BCUT2D eigenvalue weighted by Crippen LogP contribution is -2.26. The quantitative estimate of drug-likeness (QED) is 0.727. The van der Waals surface area contributed by atoms with E-state index in [1.807, 2.05) is 30.3 Å². The van der Waals surface area contributed by atoms with Crippen LogP contribution < -0.4 is 5.32 Å². The molecule has 5 nitrogen and oxygen atoms in total. The number of ketones is 1. The number of carbonyl (C=O) groups is 1. The van der Waals surface area contributed by atoms with E-state index in [0.717, 1.165) is 59.3 Å². The monoisotopic (exact) mass is 320 g/mol. The summed E-state index contributed by atoms with van der Waals surface area (Å²) in [5.74, 6) is 0.520. The maximum absolute atomic E-state index is 11.7. The molecule has 2 N–H and O–H groups in total. The zero-order valence-corrected chi connectivity index (χ0v) is 13.7. The van der Waals surface area contributed by atoms with Crippen LogP contribution in [-0.4, -0.2) is 34.1 Å². The van der Waals surface area contributed by atoms with Crippen LogP contribution in [0.4, 0.5) is 0 Å². The molecule has 1 aliphatic rings. The molecule has 1 aliphatic heterocycles. The fraction of sp³-hybridized carbons (Fsp3) is 0.316. The number of hydrogen-bond acceptors (Lipinski definition) is 4. The molecule has 4 rings (SSSR count). The topological polar surface area (TPSA) is 70.7 Å². The number of rotatable bonds is 3. The largest absolute Gasteiger partial charge is 0.317 e. The summed E-state index contributed by atoms with van der Waals surface area (Å²) in [6, 6.07) is 9.80. The Morgan fingerprint density at radius 1 is 1.21 bits per heavy atom. The number of Topliss-reactive ketones (excluding diaryl/α,β-unsaturated/α-hetero) is 1. The highest BCUT2D eigenvalue weighted by atomic mass is 16.1. The Morgan fingerprint density at radius 2 is 2.04 bits per heavy atom. The van der Waals surface area contributed by atoms with E-state index >= 15 is 0 Å². The van der Waals surface area contributed by atoms with Crippen molar-refractivity contribution in [2.75, 3.05) is 13.1 Å². The molecule has 3 heterocycles. The molecule has 0 spiro atoms. The molecule has 0 aliphatic carbocycles. The summed E-state index contributed by atoms with van der Waals surface area (Å²) in [5.41, 5.74) is 4.76. The number of pyridine rings is 1. The zero-order chi connectivity index (χ0) is 16.5. The van der Waals surface area contributed by atoms with Crippen LogP contribution in [-0.2, 0) is 0 Å². The van der Waals surface area contributed by atoms with Crippen molar-refractivity contribution in [2.24, 2.45) is 0 Å². The van der Waals surface area contributed by atoms with E-state index in [1.54, 1.807) is 13.1 Å². The van der Waals surface area contributed by atoms with Gasteiger partial charge in [-0.05, 0) is 56.1 Å². The van der Waals surface area contributed by atoms with E-state index in [0.29, 0.717) is 5.92 Å². The van der Waals surface area contributed by atoms with Gasteiger partial charge in [0.05, 0.1) is 11.1 Å². The molecule has 0 amide bonds. The van der Waals surface area contributed by atoms with E-state index < -0.39 is 0 Å². The Labute approximate surface area is 140 Å². The van der Waals surface area contributed by atoms with Crippen LogP contribution in [0.1, 0.15) is 41.7 Å². The molecule has 1 saturated heterocycles. The summed E-state index contributed by atoms with van der Waals surface area (Å²) in [6.45, 7) is 3.64. The van der Waals surface area contributed by atoms with Crippen molar-refractivity contribution in [3.63, 3.8) is 0 Å². The SMILES string of the molecule is CC(=O)c1cccc(-c2ccnc3[nH]nc(C4CCNCC4)c23)c1. The number of H-pyrrole nitrogens is 1. The van der Waals surface area contributed by atoms with Gasteiger partial charge in [0.25, 0.3) is 0 Å². The Bertz CT molecular complexity index is 893. The second-order valence-electron chi connectivity index (χ2n) is 6.35. The Morgan fingerprint density at radius 3 is 2.83 bits per heavy atom. The lowest BCUT2D eigenvalue weighted by Gasteiger charge is -2.21. The number of nitrogens with zero attached hydrogens (tertiary/aromatic N) is 2. The van der Waals surface area contributed by atoms with E-state index in [1.165, 1.54) is 0 Å². The van der Waals surface area contributed by atoms with Crippen LogP contribution in [0.5, 0.6) is 0 Å². The van der Waals surface area contributed by atoms with E-state index in [-0.39, 0.29) is 5.78 Å². The molecule has 5 heteroatoms. The highest BCUT2D eigenvalue weighted by Gasteiger charge is 2.22. The summed E-state index contributed by atoms with van der Waals surface area (Å²) in [5, 5.41) is 12.2. The lowest BCUT2D eigenvalue weighted by atomic mass is 9.90. The molecule has 1 aromatic carbocycles. The van der Waals surface area contributed by atoms with Gasteiger partial charge in [0.1, 0.15) is 0 Å². The van der Waals surface area contributed by atoms with E-state index in [4.69, 9.17) is 0 Å². The highest BCUT2D eigenvalue weighted by Crippen LogP contribution is 2.35. The van der Waals surface area contributed by atoms with Gasteiger partial charge < -0.3 is 5.32 Å². The van der Waals surface area contributed by atoms with E-state index in [9.17, 15) is 4.79 Å². The van der Waals surface area contributed by atoms with Crippen molar-refractivity contribution >= 4 is 16.8 Å². The van der Waals surface area contributed by atoms with Gasteiger partial charge in [-0.1, -0.05) is 18.2 Å². The third-order valence-electron chi connectivity index (χ3n) is 4.80. The Balaban J connectivity index is 1.87. The Hall–Kier alpha value is -2.53. The van der Waals surface area contributed by atoms with Crippen molar-refractivity contribution in [2.45, 2.75) is 25.7 Å². The fourth-order valence-corrected chi connectivity index (χ4v) is 3.51. The summed E-state index contributed by atoms with van der Waals surface area (Å²) in [4.78, 5) is 16.2. The minimum Gasteiger partial charge on any atom is -0.317 e. The molecule has 0 radical (unpaired) electrons. The molecule has 0 unspecified atom stereocenters. The van der Waals surface area contributed by atoms with Gasteiger partial charge in [0.2, 0.25) is 0 Å². The minimum absolute atomic E-state index is 0.0768. The number of carbonyl (C=O) groups excluding carboxylic acids is 1. The highest BCUT2D eigenvalue weighted by molar-refractivity contribution is 5.98. The van der Waals surface area contributed by atoms with Crippen LogP contribution in [0.2, 0.25) is 0 Å². The van der Waals surface area contributed by atoms with Gasteiger partial charge in [-0.2, -0.15) is 5.10 Å². The van der Waals surface area contributed by atoms with Crippen molar-refractivity contribution in [1.82, 2.24) is 20.5 Å². The average molecular weight is 320 g/mol. The molecular formula is C19H20N4O. The molecule has 0 atom stereocenters. The van der Waals surface area contributed by atoms with Crippen molar-refractivity contribution < 1.29 is 4.79 Å². The summed E-state index contributed by atoms with van der Waals surface area (Å²) >= 11 is 0. The third-order valence-corrected chi connectivity index (χ3v) is 4.80. The molecule has 24 heavy (non-hydrogen) atoms. The first-order valence-corrected chi connectivity index (χ1v) is 8.39. The number of piperidine rings is 1. The van der Waals surface area contributed by atoms with Gasteiger partial charge in [-0.3, -0.25) is 9.89 Å². The first-order chi connectivity index (χ1) is 11.7. The first kappa shape index (κ1) is 15.0. The van der Waals surface area contributed by atoms with Crippen molar-refractivity contribution in [3.05, 3.63) is 47.8 Å².